The van der Waals surface area contributed by atoms with Gasteiger partial charge in [0.25, 0.3) is 0 Å². The molecular formula is C16H21NO5. The van der Waals surface area contributed by atoms with Crippen LogP contribution in [0.25, 0.3) is 0 Å². The van der Waals surface area contributed by atoms with E-state index in [1.54, 1.807) is 45.0 Å². The third kappa shape index (κ3) is 5.95. The molecule has 1 rings (SSSR count). The summed E-state index contributed by atoms with van der Waals surface area (Å²) in [6.45, 7) is 6.55. The van der Waals surface area contributed by atoms with Crippen molar-refractivity contribution in [1.82, 2.24) is 5.32 Å². The monoisotopic (exact) mass is 307 g/mol. The normalized spacial score (nSPS) is 12.4. The van der Waals surface area contributed by atoms with Crippen molar-refractivity contribution in [1.29, 1.82) is 0 Å². The van der Waals surface area contributed by atoms with Crippen molar-refractivity contribution in [3.05, 3.63) is 35.4 Å². The summed E-state index contributed by atoms with van der Waals surface area (Å²) in [7, 11) is 0. The highest BCUT2D eigenvalue weighted by molar-refractivity contribution is 5.94. The average molecular weight is 307 g/mol. The fraction of sp³-hybridized carbons (Fsp3) is 0.438. The van der Waals surface area contributed by atoms with Gasteiger partial charge in [0.05, 0.1) is 0 Å². The number of carboxylic acids is 1. The van der Waals surface area contributed by atoms with Crippen molar-refractivity contribution < 1.29 is 24.2 Å². The summed E-state index contributed by atoms with van der Waals surface area (Å²) in [6.07, 6.45) is -0.674. The number of amides is 1. The fourth-order valence-electron chi connectivity index (χ4n) is 1.76. The molecule has 0 saturated carbocycles. The minimum atomic E-state index is -1.15. The van der Waals surface area contributed by atoms with Crippen LogP contribution in [0, 0.1) is 0 Å². The number of carbonyl (C=O) groups excluding carboxylic acids is 2. The number of Topliss-reactive ketones (excluding diaryl/α,β-unsaturated/α-hetero) is 1. The Morgan fingerprint density at radius 3 is 2.14 bits per heavy atom. The Hall–Kier alpha value is -2.37. The first-order chi connectivity index (χ1) is 10.1. The third-order valence-corrected chi connectivity index (χ3v) is 2.79. The van der Waals surface area contributed by atoms with Gasteiger partial charge >= 0.3 is 12.1 Å². The van der Waals surface area contributed by atoms with Gasteiger partial charge in [0, 0.05) is 12.0 Å². The van der Waals surface area contributed by atoms with E-state index in [0.717, 1.165) is 0 Å². The first-order valence-corrected chi connectivity index (χ1v) is 6.90. The van der Waals surface area contributed by atoms with Crippen LogP contribution in [0.5, 0.6) is 0 Å². The number of ether oxygens (including phenoxy) is 1. The van der Waals surface area contributed by atoms with Gasteiger partial charge in [-0.1, -0.05) is 24.3 Å². The Morgan fingerprint density at radius 2 is 1.73 bits per heavy atom. The van der Waals surface area contributed by atoms with Gasteiger partial charge < -0.3 is 15.2 Å². The molecule has 2 N–H and O–H groups in total. The quantitative estimate of drug-likeness (QED) is 0.815. The average Bonchev–Trinajstić information content (AvgIpc) is 2.36. The molecule has 0 aliphatic rings. The van der Waals surface area contributed by atoms with Crippen LogP contribution in [0.4, 0.5) is 4.79 Å². The number of carbonyl (C=O) groups is 3. The molecule has 0 saturated heterocycles. The van der Waals surface area contributed by atoms with Crippen LogP contribution < -0.4 is 5.32 Å². The number of benzene rings is 1. The predicted molar refractivity (Wildman–Crippen MR) is 80.9 cm³/mol. The Labute approximate surface area is 129 Å². The molecule has 0 radical (unpaired) electrons. The summed E-state index contributed by atoms with van der Waals surface area (Å²) >= 11 is 0. The van der Waals surface area contributed by atoms with Crippen molar-refractivity contribution in [2.75, 3.05) is 0 Å². The van der Waals surface area contributed by atoms with Gasteiger partial charge in [0.1, 0.15) is 11.6 Å². The highest BCUT2D eigenvalue weighted by Gasteiger charge is 2.24. The highest BCUT2D eigenvalue weighted by atomic mass is 16.6. The molecule has 0 heterocycles. The van der Waals surface area contributed by atoms with Crippen LogP contribution >= 0.6 is 0 Å². The van der Waals surface area contributed by atoms with Crippen molar-refractivity contribution >= 4 is 17.8 Å². The number of hydrogen-bond acceptors (Lipinski definition) is 4. The van der Waals surface area contributed by atoms with E-state index in [-0.39, 0.29) is 12.2 Å². The van der Waals surface area contributed by atoms with Crippen LogP contribution in [-0.4, -0.2) is 34.6 Å². The van der Waals surface area contributed by atoms with Crippen molar-refractivity contribution in [3.63, 3.8) is 0 Å². The first kappa shape index (κ1) is 17.7. The number of rotatable bonds is 5. The summed E-state index contributed by atoms with van der Waals surface area (Å²) in [5, 5.41) is 11.5. The van der Waals surface area contributed by atoms with E-state index in [1.807, 2.05) is 0 Å². The van der Waals surface area contributed by atoms with E-state index in [4.69, 9.17) is 4.74 Å². The molecule has 0 spiro atoms. The number of ketones is 1. The van der Waals surface area contributed by atoms with Crippen LogP contribution in [-0.2, 0) is 16.0 Å². The molecule has 0 aromatic heterocycles. The molecule has 0 fully saturated rings. The third-order valence-electron chi connectivity index (χ3n) is 2.79. The first-order valence-electron chi connectivity index (χ1n) is 6.90. The Bertz CT molecular complexity index is 557. The molecule has 22 heavy (non-hydrogen) atoms. The molecule has 0 bridgehead atoms. The molecule has 6 nitrogen and oxygen atoms in total. The van der Waals surface area contributed by atoms with Gasteiger partial charge in [-0.05, 0) is 33.3 Å². The van der Waals surface area contributed by atoms with Crippen LogP contribution in [0.2, 0.25) is 0 Å². The standard InChI is InChI=1S/C16H21NO5/c1-10(18)12-7-5-11(6-8-12)9-13(14(19)20)17-15(21)22-16(2,3)4/h5-8,13H,9H2,1-4H3,(H,17,21)(H,19,20)/t13-/m0/s1. The zero-order valence-corrected chi connectivity index (χ0v) is 13.2. The molecule has 1 amide bonds. The molecule has 6 heteroatoms. The lowest BCUT2D eigenvalue weighted by atomic mass is 10.0. The van der Waals surface area contributed by atoms with E-state index in [2.05, 4.69) is 5.32 Å². The van der Waals surface area contributed by atoms with E-state index >= 15 is 0 Å². The molecule has 1 aromatic rings. The second kappa shape index (κ2) is 7.06. The molecule has 0 aliphatic carbocycles. The van der Waals surface area contributed by atoms with Crippen LogP contribution in [0.3, 0.4) is 0 Å². The predicted octanol–water partition coefficient (Wildman–Crippen LogP) is 2.41. The second-order valence-corrected chi connectivity index (χ2v) is 5.99. The van der Waals surface area contributed by atoms with E-state index < -0.39 is 23.7 Å². The van der Waals surface area contributed by atoms with Crippen LogP contribution in [0.15, 0.2) is 24.3 Å². The number of aliphatic carboxylic acids is 1. The Morgan fingerprint density at radius 1 is 1.18 bits per heavy atom. The summed E-state index contributed by atoms with van der Waals surface area (Å²) in [4.78, 5) is 34.1. The SMILES string of the molecule is CC(=O)c1ccc(C[C@H](NC(=O)OC(C)(C)C)C(=O)O)cc1. The van der Waals surface area contributed by atoms with Gasteiger partial charge in [-0.25, -0.2) is 9.59 Å². The van der Waals surface area contributed by atoms with Crippen molar-refractivity contribution in [3.8, 4) is 0 Å². The van der Waals surface area contributed by atoms with E-state index in [9.17, 15) is 19.5 Å². The van der Waals surface area contributed by atoms with Crippen molar-refractivity contribution in [2.45, 2.75) is 45.8 Å². The summed E-state index contributed by atoms with van der Waals surface area (Å²) < 4.78 is 5.05. The maximum absolute atomic E-state index is 11.7. The Kier molecular flexibility index (Phi) is 5.68. The maximum atomic E-state index is 11.7. The van der Waals surface area contributed by atoms with E-state index in [0.29, 0.717) is 11.1 Å². The van der Waals surface area contributed by atoms with E-state index in [1.165, 1.54) is 6.92 Å². The fourth-order valence-corrected chi connectivity index (χ4v) is 1.76. The van der Waals surface area contributed by atoms with Gasteiger partial charge in [-0.2, -0.15) is 0 Å². The lowest BCUT2D eigenvalue weighted by molar-refractivity contribution is -0.139. The van der Waals surface area contributed by atoms with Crippen molar-refractivity contribution in [2.24, 2.45) is 0 Å². The van der Waals surface area contributed by atoms with Crippen LogP contribution in [0.1, 0.15) is 43.6 Å². The smallest absolute Gasteiger partial charge is 0.408 e. The summed E-state index contributed by atoms with van der Waals surface area (Å²) in [5.41, 5.74) is 0.556. The molecule has 1 atom stereocenters. The molecule has 0 unspecified atom stereocenters. The minimum Gasteiger partial charge on any atom is -0.480 e. The number of hydrogen-bond donors (Lipinski definition) is 2. The molecule has 120 valence electrons. The van der Waals surface area contributed by atoms with Gasteiger partial charge in [-0.15, -0.1) is 0 Å². The molecule has 0 aliphatic heterocycles. The molecule has 1 aromatic carbocycles. The second-order valence-electron chi connectivity index (χ2n) is 5.99. The van der Waals surface area contributed by atoms with Gasteiger partial charge in [0.2, 0.25) is 0 Å². The minimum absolute atomic E-state index is 0.0618. The summed E-state index contributed by atoms with van der Waals surface area (Å²) in [5.74, 6) is -1.21. The Balaban J connectivity index is 2.74. The maximum Gasteiger partial charge on any atom is 0.408 e. The zero-order chi connectivity index (χ0) is 16.9. The zero-order valence-electron chi connectivity index (χ0n) is 13.2. The number of carboxylic acid groups (broad SMARTS) is 1. The largest absolute Gasteiger partial charge is 0.480 e. The van der Waals surface area contributed by atoms with Gasteiger partial charge in [0.15, 0.2) is 5.78 Å². The lowest BCUT2D eigenvalue weighted by Crippen LogP contribution is -2.44. The number of nitrogens with one attached hydrogen (secondary N) is 1. The number of alkyl carbamates (subject to hydrolysis) is 1. The molecular weight excluding hydrogens is 286 g/mol. The topological polar surface area (TPSA) is 92.7 Å². The highest BCUT2D eigenvalue weighted by Crippen LogP contribution is 2.10. The lowest BCUT2D eigenvalue weighted by Gasteiger charge is -2.22. The summed E-state index contributed by atoms with van der Waals surface area (Å²) in [6, 6.07) is 5.50. The van der Waals surface area contributed by atoms with Gasteiger partial charge in [-0.3, -0.25) is 4.79 Å².